The molecule has 4 heterocycles. The summed E-state index contributed by atoms with van der Waals surface area (Å²) in [6.45, 7) is 2.62. The van der Waals surface area contributed by atoms with E-state index in [-0.39, 0.29) is 29.4 Å². The molecule has 31 heavy (non-hydrogen) atoms. The number of nitrogens with zero attached hydrogens (tertiary/aromatic N) is 4. The van der Waals surface area contributed by atoms with E-state index in [9.17, 15) is 8.78 Å². The number of benzene rings is 1. The van der Waals surface area contributed by atoms with Crippen LogP contribution in [0.2, 0.25) is 0 Å². The smallest absolute Gasteiger partial charge is 0.293 e. The number of alkyl halides is 2. The van der Waals surface area contributed by atoms with Crippen LogP contribution in [0.1, 0.15) is 18.4 Å². The van der Waals surface area contributed by atoms with Gasteiger partial charge in [0.1, 0.15) is 10.8 Å². The summed E-state index contributed by atoms with van der Waals surface area (Å²) < 4.78 is 34.7. The molecule has 0 bridgehead atoms. The zero-order valence-corrected chi connectivity index (χ0v) is 18.2. The van der Waals surface area contributed by atoms with E-state index in [4.69, 9.17) is 16.2 Å². The third kappa shape index (κ3) is 3.50. The molecule has 10 heteroatoms. The van der Waals surface area contributed by atoms with Gasteiger partial charge in [-0.25, -0.2) is 9.97 Å². The van der Waals surface area contributed by atoms with E-state index in [0.717, 1.165) is 37.7 Å². The second kappa shape index (κ2) is 7.46. The zero-order chi connectivity index (χ0) is 21.8. The fourth-order valence-corrected chi connectivity index (χ4v) is 5.81. The van der Waals surface area contributed by atoms with E-state index < -0.39 is 5.92 Å². The Labute approximate surface area is 184 Å². The van der Waals surface area contributed by atoms with Gasteiger partial charge in [-0.2, -0.15) is 8.78 Å². The highest BCUT2D eigenvalue weighted by Crippen LogP contribution is 2.48. The number of aromatic nitrogens is 2. The van der Waals surface area contributed by atoms with Gasteiger partial charge in [-0.05, 0) is 25.0 Å². The number of nitrogens with two attached hydrogens (primary N) is 2. The highest BCUT2D eigenvalue weighted by Gasteiger charge is 2.45. The van der Waals surface area contributed by atoms with Gasteiger partial charge in [0, 0.05) is 42.2 Å². The average molecular weight is 449 g/mol. The standard InChI is InChI=1S/C21H26F2N6OS/c1-28-11-21(22,23)17-13(28)3-2-4-14(17)31-19-18(25)27-16(9-26-19)29-7-5-20(6-8-29)12-30-10-15(20)24/h2-4,9,15H,5-8,10-12,24H2,1H3,(H2,25,27)/t15-/m1/s1. The van der Waals surface area contributed by atoms with Crippen molar-refractivity contribution < 1.29 is 13.5 Å². The lowest BCUT2D eigenvalue weighted by Crippen LogP contribution is -2.49. The lowest BCUT2D eigenvalue weighted by molar-refractivity contribution is 0.0123. The van der Waals surface area contributed by atoms with Crippen LogP contribution in [0.25, 0.3) is 0 Å². The molecule has 5 rings (SSSR count). The number of fused-ring (bicyclic) bond motifs is 1. The van der Waals surface area contributed by atoms with E-state index in [0.29, 0.717) is 34.6 Å². The van der Waals surface area contributed by atoms with Crippen LogP contribution in [0, 0.1) is 5.41 Å². The summed E-state index contributed by atoms with van der Waals surface area (Å²) in [5.41, 5.74) is 13.1. The van der Waals surface area contributed by atoms with Crippen LogP contribution in [0.4, 0.5) is 26.1 Å². The molecule has 1 spiro atoms. The summed E-state index contributed by atoms with van der Waals surface area (Å²) in [5, 5.41) is 0.433. The molecule has 0 unspecified atom stereocenters. The van der Waals surface area contributed by atoms with Crippen LogP contribution in [-0.4, -0.2) is 55.9 Å². The molecule has 2 saturated heterocycles. The molecule has 166 valence electrons. The molecular formula is C21H26F2N6OS. The third-order valence-corrected chi connectivity index (χ3v) is 7.80. The lowest BCUT2D eigenvalue weighted by atomic mass is 9.75. The number of ether oxygens (including phenoxy) is 1. The van der Waals surface area contributed by atoms with Crippen molar-refractivity contribution in [3.05, 3.63) is 30.0 Å². The molecule has 0 aliphatic carbocycles. The van der Waals surface area contributed by atoms with Crippen LogP contribution in [0.15, 0.2) is 34.3 Å². The number of rotatable bonds is 3. The number of piperidine rings is 1. The predicted octanol–water partition coefficient (Wildman–Crippen LogP) is 2.70. The molecule has 0 radical (unpaired) electrons. The Morgan fingerprint density at radius 3 is 2.71 bits per heavy atom. The summed E-state index contributed by atoms with van der Waals surface area (Å²) in [5.74, 6) is -1.96. The first kappa shape index (κ1) is 20.7. The van der Waals surface area contributed by atoms with E-state index in [1.165, 1.54) is 0 Å². The molecule has 2 aromatic rings. The number of anilines is 3. The van der Waals surface area contributed by atoms with Gasteiger partial charge in [0.2, 0.25) is 0 Å². The van der Waals surface area contributed by atoms with Crippen molar-refractivity contribution in [1.82, 2.24) is 9.97 Å². The van der Waals surface area contributed by atoms with E-state index in [1.54, 1.807) is 36.3 Å². The molecular weight excluding hydrogens is 422 g/mol. The van der Waals surface area contributed by atoms with Gasteiger partial charge in [0.05, 0.1) is 31.5 Å². The SMILES string of the molecule is CN1CC(F)(F)c2c(Sc3ncc(N4CCC5(CC4)COC[C@H]5N)nc3N)cccc21. The van der Waals surface area contributed by atoms with Gasteiger partial charge in [-0.3, -0.25) is 0 Å². The lowest BCUT2D eigenvalue weighted by Gasteiger charge is -2.41. The maximum absolute atomic E-state index is 14.6. The molecule has 2 fully saturated rings. The number of hydrogen-bond donors (Lipinski definition) is 2. The minimum Gasteiger partial charge on any atom is -0.381 e. The quantitative estimate of drug-likeness (QED) is 0.740. The Hall–Kier alpha value is -2.17. The molecule has 0 amide bonds. The minimum absolute atomic E-state index is 0.0317. The monoisotopic (exact) mass is 448 g/mol. The topological polar surface area (TPSA) is 93.5 Å². The second-order valence-corrected chi connectivity index (χ2v) is 9.73. The predicted molar refractivity (Wildman–Crippen MR) is 117 cm³/mol. The molecule has 3 aliphatic rings. The summed E-state index contributed by atoms with van der Waals surface area (Å²) in [4.78, 5) is 13.2. The molecule has 7 nitrogen and oxygen atoms in total. The van der Waals surface area contributed by atoms with Gasteiger partial charge < -0.3 is 26.0 Å². The fraction of sp³-hybridized carbons (Fsp3) is 0.524. The van der Waals surface area contributed by atoms with Crippen molar-refractivity contribution in [2.45, 2.75) is 34.7 Å². The summed E-state index contributed by atoms with van der Waals surface area (Å²) in [6, 6.07) is 5.25. The molecule has 3 aliphatic heterocycles. The maximum atomic E-state index is 14.6. The first-order valence-electron chi connectivity index (χ1n) is 10.4. The fourth-order valence-electron chi connectivity index (χ4n) is 4.84. The summed E-state index contributed by atoms with van der Waals surface area (Å²) in [6.07, 6.45) is 3.55. The van der Waals surface area contributed by atoms with Gasteiger partial charge in [0.25, 0.3) is 5.92 Å². The first-order chi connectivity index (χ1) is 14.8. The number of hydrogen-bond acceptors (Lipinski definition) is 8. The summed E-state index contributed by atoms with van der Waals surface area (Å²) in [7, 11) is 1.67. The Balaban J connectivity index is 1.34. The van der Waals surface area contributed by atoms with Crippen LogP contribution in [0.5, 0.6) is 0 Å². The number of likely N-dealkylation sites (N-methyl/N-ethyl adjacent to an activating group) is 1. The number of halogens is 2. The van der Waals surface area contributed by atoms with Crippen molar-refractivity contribution in [2.24, 2.45) is 11.1 Å². The number of nitrogen functional groups attached to an aromatic ring is 1. The highest BCUT2D eigenvalue weighted by atomic mass is 32.2. The van der Waals surface area contributed by atoms with Gasteiger partial charge in [-0.1, -0.05) is 17.8 Å². The first-order valence-corrected chi connectivity index (χ1v) is 11.2. The van der Waals surface area contributed by atoms with Crippen LogP contribution >= 0.6 is 11.8 Å². The second-order valence-electron chi connectivity index (χ2n) is 8.70. The highest BCUT2D eigenvalue weighted by molar-refractivity contribution is 7.99. The van der Waals surface area contributed by atoms with E-state index >= 15 is 0 Å². The van der Waals surface area contributed by atoms with Crippen molar-refractivity contribution in [2.75, 3.05) is 55.4 Å². The average Bonchev–Trinajstić information content (AvgIpc) is 3.20. The maximum Gasteiger partial charge on any atom is 0.293 e. The molecule has 1 aromatic carbocycles. The van der Waals surface area contributed by atoms with Crippen LogP contribution in [-0.2, 0) is 10.7 Å². The third-order valence-electron chi connectivity index (χ3n) is 6.73. The van der Waals surface area contributed by atoms with Crippen LogP contribution in [0.3, 0.4) is 0 Å². The normalized spacial score (nSPS) is 24.1. The van der Waals surface area contributed by atoms with Crippen molar-refractivity contribution in [3.8, 4) is 0 Å². The van der Waals surface area contributed by atoms with Crippen LogP contribution < -0.4 is 21.3 Å². The largest absolute Gasteiger partial charge is 0.381 e. The molecule has 0 saturated carbocycles. The Bertz CT molecular complexity index is 998. The Morgan fingerprint density at radius 1 is 1.26 bits per heavy atom. The Morgan fingerprint density at radius 2 is 2.03 bits per heavy atom. The van der Waals surface area contributed by atoms with Crippen molar-refractivity contribution in [3.63, 3.8) is 0 Å². The molecule has 4 N–H and O–H groups in total. The minimum atomic E-state index is -2.91. The van der Waals surface area contributed by atoms with Crippen molar-refractivity contribution in [1.29, 1.82) is 0 Å². The van der Waals surface area contributed by atoms with Gasteiger partial charge in [0.15, 0.2) is 5.82 Å². The zero-order valence-electron chi connectivity index (χ0n) is 17.4. The van der Waals surface area contributed by atoms with Crippen molar-refractivity contribution >= 4 is 29.1 Å². The molecule has 1 aromatic heterocycles. The van der Waals surface area contributed by atoms with E-state index in [2.05, 4.69) is 14.9 Å². The van der Waals surface area contributed by atoms with Gasteiger partial charge in [-0.15, -0.1) is 0 Å². The Kier molecular flexibility index (Phi) is 4.98. The van der Waals surface area contributed by atoms with Gasteiger partial charge >= 0.3 is 0 Å². The molecule has 1 atom stereocenters. The summed E-state index contributed by atoms with van der Waals surface area (Å²) >= 11 is 1.14. The van der Waals surface area contributed by atoms with E-state index in [1.807, 2.05) is 0 Å².